The average molecular weight is 320 g/mol. The van der Waals surface area contributed by atoms with Gasteiger partial charge in [-0.3, -0.25) is 4.79 Å². The SMILES string of the molecule is NS(=O)(=O)C1CC(=O)N(Cc2ccccc2OC(F)F)C1. The molecule has 1 aliphatic rings. The zero-order valence-electron chi connectivity index (χ0n) is 10.9. The second-order valence-electron chi connectivity index (χ2n) is 4.68. The van der Waals surface area contributed by atoms with Gasteiger partial charge in [-0.2, -0.15) is 8.78 Å². The van der Waals surface area contributed by atoms with Crippen LogP contribution in [0.15, 0.2) is 24.3 Å². The Balaban J connectivity index is 2.14. The Kier molecular flexibility index (Phi) is 4.43. The van der Waals surface area contributed by atoms with Crippen molar-refractivity contribution in [1.82, 2.24) is 4.90 Å². The molecule has 1 heterocycles. The first kappa shape index (κ1) is 15.6. The van der Waals surface area contributed by atoms with Gasteiger partial charge in [-0.25, -0.2) is 13.6 Å². The van der Waals surface area contributed by atoms with Crippen LogP contribution in [0.25, 0.3) is 0 Å². The minimum absolute atomic E-state index is 0.00620. The molecular formula is C12H14F2N2O4S. The number of benzene rings is 1. The van der Waals surface area contributed by atoms with Gasteiger partial charge in [0.15, 0.2) is 0 Å². The van der Waals surface area contributed by atoms with Gasteiger partial charge in [0, 0.05) is 25.1 Å². The molecule has 1 amide bonds. The maximum absolute atomic E-state index is 12.3. The summed E-state index contributed by atoms with van der Waals surface area (Å²) >= 11 is 0. The summed E-state index contributed by atoms with van der Waals surface area (Å²) in [6, 6.07) is 6.04. The van der Waals surface area contributed by atoms with Crippen LogP contribution in [0.4, 0.5) is 8.78 Å². The molecule has 1 saturated heterocycles. The van der Waals surface area contributed by atoms with Crippen LogP contribution in [0.3, 0.4) is 0 Å². The van der Waals surface area contributed by atoms with E-state index in [2.05, 4.69) is 4.74 Å². The number of rotatable bonds is 5. The number of amides is 1. The topological polar surface area (TPSA) is 89.7 Å². The maximum Gasteiger partial charge on any atom is 0.387 e. The molecule has 116 valence electrons. The molecule has 1 aliphatic heterocycles. The number of para-hydroxylation sites is 1. The highest BCUT2D eigenvalue weighted by molar-refractivity contribution is 7.89. The lowest BCUT2D eigenvalue weighted by Gasteiger charge is -2.18. The van der Waals surface area contributed by atoms with Crippen LogP contribution < -0.4 is 9.88 Å². The Hall–Kier alpha value is -1.74. The third-order valence-electron chi connectivity index (χ3n) is 3.19. The number of ether oxygens (including phenoxy) is 1. The third kappa shape index (κ3) is 3.88. The first-order valence-corrected chi connectivity index (χ1v) is 7.70. The number of hydrogen-bond acceptors (Lipinski definition) is 4. The Labute approximate surface area is 120 Å². The monoisotopic (exact) mass is 320 g/mol. The fraction of sp³-hybridized carbons (Fsp3) is 0.417. The molecular weight excluding hydrogens is 306 g/mol. The quantitative estimate of drug-likeness (QED) is 0.864. The smallest absolute Gasteiger partial charge is 0.387 e. The van der Waals surface area contributed by atoms with Gasteiger partial charge >= 0.3 is 6.61 Å². The van der Waals surface area contributed by atoms with E-state index in [0.29, 0.717) is 5.56 Å². The van der Waals surface area contributed by atoms with E-state index >= 15 is 0 Å². The number of halogens is 2. The van der Waals surface area contributed by atoms with Gasteiger partial charge in [0.25, 0.3) is 0 Å². The van der Waals surface area contributed by atoms with E-state index in [4.69, 9.17) is 5.14 Å². The van der Waals surface area contributed by atoms with Crippen LogP contribution in [0.1, 0.15) is 12.0 Å². The lowest BCUT2D eigenvalue weighted by Crippen LogP contribution is -2.32. The molecule has 1 fully saturated rings. The lowest BCUT2D eigenvalue weighted by atomic mass is 10.2. The molecule has 9 heteroatoms. The minimum Gasteiger partial charge on any atom is -0.434 e. The van der Waals surface area contributed by atoms with E-state index in [0.717, 1.165) is 0 Å². The van der Waals surface area contributed by atoms with E-state index in [-0.39, 0.29) is 31.2 Å². The zero-order valence-corrected chi connectivity index (χ0v) is 11.7. The van der Waals surface area contributed by atoms with Gasteiger partial charge in [-0.15, -0.1) is 0 Å². The molecule has 6 nitrogen and oxygen atoms in total. The van der Waals surface area contributed by atoms with E-state index in [1.807, 2.05) is 0 Å². The van der Waals surface area contributed by atoms with Gasteiger partial charge in [-0.1, -0.05) is 18.2 Å². The molecule has 0 aromatic heterocycles. The minimum atomic E-state index is -3.80. The highest BCUT2D eigenvalue weighted by atomic mass is 32.2. The molecule has 2 N–H and O–H groups in total. The summed E-state index contributed by atoms with van der Waals surface area (Å²) in [5.74, 6) is -0.430. The van der Waals surface area contributed by atoms with Gasteiger partial charge in [0.2, 0.25) is 15.9 Å². The second kappa shape index (κ2) is 5.94. The molecule has 0 aliphatic carbocycles. The normalized spacial score (nSPS) is 19.3. The first-order valence-electron chi connectivity index (χ1n) is 6.09. The van der Waals surface area contributed by atoms with Crippen molar-refractivity contribution < 1.29 is 26.7 Å². The number of alkyl halides is 2. The molecule has 0 spiro atoms. The van der Waals surface area contributed by atoms with E-state index < -0.39 is 21.9 Å². The fourth-order valence-electron chi connectivity index (χ4n) is 2.16. The molecule has 1 aromatic carbocycles. The lowest BCUT2D eigenvalue weighted by molar-refractivity contribution is -0.128. The summed E-state index contributed by atoms with van der Waals surface area (Å²) in [5.41, 5.74) is 0.376. The number of nitrogens with zero attached hydrogens (tertiary/aromatic N) is 1. The van der Waals surface area contributed by atoms with Crippen molar-refractivity contribution in [1.29, 1.82) is 0 Å². The Morgan fingerprint density at radius 1 is 1.38 bits per heavy atom. The van der Waals surface area contributed by atoms with Crippen LogP contribution in [0.5, 0.6) is 5.75 Å². The summed E-state index contributed by atoms with van der Waals surface area (Å²) in [7, 11) is -3.80. The number of carbonyl (C=O) groups excluding carboxylic acids is 1. The van der Waals surface area contributed by atoms with Gasteiger partial charge in [-0.05, 0) is 6.07 Å². The van der Waals surface area contributed by atoms with Crippen molar-refractivity contribution in [3.8, 4) is 5.75 Å². The predicted octanol–water partition coefficient (Wildman–Crippen LogP) is 0.677. The average Bonchev–Trinajstić information content (AvgIpc) is 2.73. The van der Waals surface area contributed by atoms with Gasteiger partial charge in [0.1, 0.15) is 11.0 Å². The molecule has 0 radical (unpaired) electrons. The number of sulfonamides is 1. The summed E-state index contributed by atoms with van der Waals surface area (Å²) in [4.78, 5) is 13.1. The number of likely N-dealkylation sites (tertiary alicyclic amines) is 1. The maximum atomic E-state index is 12.3. The molecule has 1 atom stereocenters. The summed E-state index contributed by atoms with van der Waals surface area (Å²) in [6.45, 7) is -3.04. The zero-order chi connectivity index (χ0) is 15.6. The van der Waals surface area contributed by atoms with Crippen molar-refractivity contribution in [3.05, 3.63) is 29.8 Å². The first-order chi connectivity index (χ1) is 9.77. The molecule has 0 saturated carbocycles. The van der Waals surface area contributed by atoms with Crippen LogP contribution in [-0.4, -0.2) is 37.6 Å². The van der Waals surface area contributed by atoms with Crippen molar-refractivity contribution in [3.63, 3.8) is 0 Å². The van der Waals surface area contributed by atoms with Crippen molar-refractivity contribution in [2.75, 3.05) is 6.54 Å². The Bertz CT molecular complexity index is 636. The van der Waals surface area contributed by atoms with Gasteiger partial charge < -0.3 is 9.64 Å². The van der Waals surface area contributed by atoms with Gasteiger partial charge in [0.05, 0.1) is 0 Å². The van der Waals surface area contributed by atoms with Crippen molar-refractivity contribution in [2.24, 2.45) is 5.14 Å². The molecule has 1 unspecified atom stereocenters. The van der Waals surface area contributed by atoms with Crippen LogP contribution in [0, 0.1) is 0 Å². The number of primary sulfonamides is 1. The van der Waals surface area contributed by atoms with E-state index in [1.165, 1.54) is 23.1 Å². The highest BCUT2D eigenvalue weighted by Crippen LogP contribution is 2.25. The molecule has 21 heavy (non-hydrogen) atoms. The summed E-state index contributed by atoms with van der Waals surface area (Å²) in [6.07, 6.45) is -0.198. The van der Waals surface area contributed by atoms with Crippen molar-refractivity contribution in [2.45, 2.75) is 24.8 Å². The van der Waals surface area contributed by atoms with Crippen molar-refractivity contribution >= 4 is 15.9 Å². The standard InChI is InChI=1S/C12H14F2N2O4S/c13-12(14)20-10-4-2-1-3-8(10)6-16-7-9(5-11(16)17)21(15,18)19/h1-4,9,12H,5-7H2,(H2,15,18,19). The Morgan fingerprint density at radius 3 is 2.62 bits per heavy atom. The van der Waals surface area contributed by atoms with Crippen LogP contribution in [0.2, 0.25) is 0 Å². The second-order valence-corrected chi connectivity index (χ2v) is 6.52. The number of carbonyl (C=O) groups is 1. The highest BCUT2D eigenvalue weighted by Gasteiger charge is 2.36. The third-order valence-corrected chi connectivity index (χ3v) is 4.44. The largest absolute Gasteiger partial charge is 0.434 e. The van der Waals surface area contributed by atoms with E-state index in [9.17, 15) is 22.0 Å². The van der Waals surface area contributed by atoms with Crippen LogP contribution >= 0.6 is 0 Å². The molecule has 2 rings (SSSR count). The number of nitrogens with two attached hydrogens (primary N) is 1. The number of hydrogen-bond donors (Lipinski definition) is 1. The molecule has 0 bridgehead atoms. The fourth-order valence-corrected chi connectivity index (χ4v) is 2.92. The summed E-state index contributed by atoms with van der Waals surface area (Å²) in [5, 5.41) is 4.06. The van der Waals surface area contributed by atoms with Crippen LogP contribution in [-0.2, 0) is 21.4 Å². The Morgan fingerprint density at radius 2 is 2.05 bits per heavy atom. The predicted molar refractivity (Wildman–Crippen MR) is 70.0 cm³/mol. The molecule has 1 aromatic rings. The summed E-state index contributed by atoms with van der Waals surface area (Å²) < 4.78 is 51.5. The van der Waals surface area contributed by atoms with E-state index in [1.54, 1.807) is 6.07 Å².